The highest BCUT2D eigenvalue weighted by molar-refractivity contribution is 5.41. The minimum absolute atomic E-state index is 0.143. The summed E-state index contributed by atoms with van der Waals surface area (Å²) in [5.74, 6) is 1.37. The van der Waals surface area contributed by atoms with Crippen LogP contribution in [0.3, 0.4) is 0 Å². The zero-order chi connectivity index (χ0) is 19.9. The minimum Gasteiger partial charge on any atom is -0.494 e. The van der Waals surface area contributed by atoms with Gasteiger partial charge in [-0.25, -0.2) is 0 Å². The van der Waals surface area contributed by atoms with E-state index in [2.05, 4.69) is 0 Å². The van der Waals surface area contributed by atoms with Gasteiger partial charge in [-0.2, -0.15) is 0 Å². The fourth-order valence-electron chi connectivity index (χ4n) is 3.57. The van der Waals surface area contributed by atoms with Crippen molar-refractivity contribution in [2.24, 2.45) is 0 Å². The molecule has 0 radical (unpaired) electrons. The molecule has 0 spiro atoms. The predicted octanol–water partition coefficient (Wildman–Crippen LogP) is 2.58. The molecule has 0 aromatic heterocycles. The molecule has 152 valence electrons. The Morgan fingerprint density at radius 2 is 1.75 bits per heavy atom. The highest BCUT2D eigenvalue weighted by atomic mass is 16.6. The monoisotopic (exact) mass is 388 g/mol. The Morgan fingerprint density at radius 3 is 2.43 bits per heavy atom. The molecule has 3 unspecified atom stereocenters. The third-order valence-corrected chi connectivity index (χ3v) is 4.87. The lowest BCUT2D eigenvalue weighted by Crippen LogP contribution is -2.33. The molecule has 1 heterocycles. The van der Waals surface area contributed by atoms with Crippen LogP contribution in [0.5, 0.6) is 11.5 Å². The van der Waals surface area contributed by atoms with Gasteiger partial charge in [0.15, 0.2) is 6.79 Å². The maximum atomic E-state index is 10.1. The van der Waals surface area contributed by atoms with Crippen LogP contribution in [0.4, 0.5) is 0 Å². The number of hydrogen-bond donors (Lipinski definition) is 3. The smallest absolute Gasteiger partial charge is 0.186 e. The van der Waals surface area contributed by atoms with Crippen LogP contribution in [0, 0.1) is 0 Å². The molecular weight excluding hydrogens is 360 g/mol. The number of aliphatic hydroxyl groups is 3. The van der Waals surface area contributed by atoms with Crippen molar-refractivity contribution >= 4 is 0 Å². The molecule has 3 N–H and O–H groups in total. The average Bonchev–Trinajstić information content (AvgIpc) is 2.70. The molecule has 1 fully saturated rings. The van der Waals surface area contributed by atoms with Crippen LogP contribution < -0.4 is 9.47 Å². The van der Waals surface area contributed by atoms with Gasteiger partial charge in [0.2, 0.25) is 0 Å². The lowest BCUT2D eigenvalue weighted by atomic mass is 9.93. The molecule has 0 amide bonds. The van der Waals surface area contributed by atoms with Crippen molar-refractivity contribution in [1.29, 1.82) is 0 Å². The van der Waals surface area contributed by atoms with E-state index in [1.165, 1.54) is 0 Å². The van der Waals surface area contributed by atoms with Crippen LogP contribution in [0.1, 0.15) is 42.6 Å². The van der Waals surface area contributed by atoms with Gasteiger partial charge in [-0.15, -0.1) is 0 Å². The SMILES string of the molecule is CCOc1ccc(Cc2ccc(OCO)c(C3CC(O)CC(CO)O3)c2)cc1. The molecule has 2 aromatic carbocycles. The first-order valence-corrected chi connectivity index (χ1v) is 9.65. The summed E-state index contributed by atoms with van der Waals surface area (Å²) < 4.78 is 16.8. The zero-order valence-electron chi connectivity index (χ0n) is 16.1. The molecule has 1 aliphatic rings. The fourth-order valence-corrected chi connectivity index (χ4v) is 3.57. The van der Waals surface area contributed by atoms with Gasteiger partial charge in [-0.3, -0.25) is 0 Å². The van der Waals surface area contributed by atoms with E-state index in [1.807, 2.05) is 49.4 Å². The number of benzene rings is 2. The van der Waals surface area contributed by atoms with Gasteiger partial charge < -0.3 is 29.5 Å². The van der Waals surface area contributed by atoms with Gasteiger partial charge >= 0.3 is 0 Å². The van der Waals surface area contributed by atoms with Crippen LogP contribution in [-0.4, -0.2) is 47.5 Å². The van der Waals surface area contributed by atoms with E-state index in [4.69, 9.17) is 14.2 Å². The van der Waals surface area contributed by atoms with Crippen LogP contribution in [0.25, 0.3) is 0 Å². The molecule has 1 aliphatic heterocycles. The maximum Gasteiger partial charge on any atom is 0.186 e. The molecular formula is C22H28O6. The topological polar surface area (TPSA) is 88.4 Å². The molecule has 0 aliphatic carbocycles. The van der Waals surface area contributed by atoms with E-state index in [0.29, 0.717) is 25.2 Å². The van der Waals surface area contributed by atoms with Gasteiger partial charge in [-0.1, -0.05) is 18.2 Å². The summed E-state index contributed by atoms with van der Waals surface area (Å²) in [5.41, 5.74) is 2.98. The Morgan fingerprint density at radius 1 is 1.00 bits per heavy atom. The second-order valence-electron chi connectivity index (χ2n) is 6.95. The van der Waals surface area contributed by atoms with Crippen LogP contribution in [0.15, 0.2) is 42.5 Å². The normalized spacial score (nSPS) is 22.1. The predicted molar refractivity (Wildman–Crippen MR) is 105 cm³/mol. The molecule has 6 nitrogen and oxygen atoms in total. The second kappa shape index (κ2) is 9.89. The van der Waals surface area contributed by atoms with Gasteiger partial charge in [0, 0.05) is 18.4 Å². The molecule has 3 atom stereocenters. The maximum absolute atomic E-state index is 10.1. The standard InChI is InChI=1S/C22H28O6/c1-2-26-18-6-3-15(4-7-18)9-16-5-8-21(27-14-24)20(10-16)22-12-17(25)11-19(13-23)28-22/h3-8,10,17,19,22-25H,2,9,11-14H2,1H3. The van der Waals surface area contributed by atoms with Gasteiger partial charge in [0.1, 0.15) is 11.5 Å². The largest absolute Gasteiger partial charge is 0.494 e. The van der Waals surface area contributed by atoms with Crippen LogP contribution in [-0.2, 0) is 11.2 Å². The van der Waals surface area contributed by atoms with Crippen molar-refractivity contribution in [3.05, 3.63) is 59.2 Å². The Bertz CT molecular complexity index is 745. The molecule has 0 saturated carbocycles. The van der Waals surface area contributed by atoms with Crippen molar-refractivity contribution < 1.29 is 29.5 Å². The lowest BCUT2D eigenvalue weighted by molar-refractivity contribution is -0.114. The lowest BCUT2D eigenvalue weighted by Gasteiger charge is -2.33. The van der Waals surface area contributed by atoms with Crippen molar-refractivity contribution in [3.63, 3.8) is 0 Å². The first kappa shape index (κ1) is 20.6. The summed E-state index contributed by atoms with van der Waals surface area (Å²) in [6, 6.07) is 13.7. The van der Waals surface area contributed by atoms with Crippen molar-refractivity contribution in [1.82, 2.24) is 0 Å². The Labute approximate surface area is 165 Å². The highest BCUT2D eigenvalue weighted by Gasteiger charge is 2.31. The summed E-state index contributed by atoms with van der Waals surface area (Å²) in [7, 11) is 0. The second-order valence-corrected chi connectivity index (χ2v) is 6.95. The summed E-state index contributed by atoms with van der Waals surface area (Å²) in [6.07, 6.45) is 0.193. The van der Waals surface area contributed by atoms with E-state index >= 15 is 0 Å². The average molecular weight is 388 g/mol. The molecule has 2 aromatic rings. The number of ether oxygens (including phenoxy) is 3. The number of rotatable bonds is 8. The minimum atomic E-state index is -0.548. The zero-order valence-corrected chi connectivity index (χ0v) is 16.1. The fraction of sp³-hybridized carbons (Fsp3) is 0.455. The van der Waals surface area contributed by atoms with Gasteiger partial charge in [0.05, 0.1) is 31.5 Å². The molecule has 6 heteroatoms. The summed E-state index contributed by atoms with van der Waals surface area (Å²) in [6.45, 7) is 2.01. The highest BCUT2D eigenvalue weighted by Crippen LogP contribution is 2.37. The van der Waals surface area contributed by atoms with Gasteiger partial charge in [0.25, 0.3) is 0 Å². The van der Waals surface area contributed by atoms with Crippen molar-refractivity contribution in [2.75, 3.05) is 20.0 Å². The Balaban J connectivity index is 1.82. The number of hydrogen-bond acceptors (Lipinski definition) is 6. The molecule has 1 saturated heterocycles. The number of aliphatic hydroxyl groups excluding tert-OH is 3. The summed E-state index contributed by atoms with van der Waals surface area (Å²) >= 11 is 0. The summed E-state index contributed by atoms with van der Waals surface area (Å²) in [4.78, 5) is 0. The van der Waals surface area contributed by atoms with Crippen molar-refractivity contribution in [3.8, 4) is 11.5 Å². The Hall–Kier alpha value is -2.12. The van der Waals surface area contributed by atoms with Crippen molar-refractivity contribution in [2.45, 2.75) is 44.5 Å². The third-order valence-electron chi connectivity index (χ3n) is 4.87. The van der Waals surface area contributed by atoms with E-state index in [9.17, 15) is 15.3 Å². The molecule has 0 bridgehead atoms. The van der Waals surface area contributed by atoms with Gasteiger partial charge in [-0.05, 0) is 48.7 Å². The van der Waals surface area contributed by atoms with Crippen LogP contribution >= 0.6 is 0 Å². The third kappa shape index (κ3) is 5.23. The summed E-state index contributed by atoms with van der Waals surface area (Å²) in [5, 5.41) is 28.8. The van der Waals surface area contributed by atoms with Crippen LogP contribution in [0.2, 0.25) is 0 Å². The first-order valence-electron chi connectivity index (χ1n) is 9.65. The van der Waals surface area contributed by atoms with E-state index in [-0.39, 0.29) is 6.61 Å². The van der Waals surface area contributed by atoms with E-state index in [1.54, 1.807) is 0 Å². The molecule has 3 rings (SSSR count). The van der Waals surface area contributed by atoms with E-state index < -0.39 is 25.1 Å². The first-order chi connectivity index (χ1) is 13.6. The quantitative estimate of drug-likeness (QED) is 0.603. The Kier molecular flexibility index (Phi) is 7.28. The van der Waals surface area contributed by atoms with E-state index in [0.717, 1.165) is 28.9 Å². The molecule has 28 heavy (non-hydrogen) atoms.